The van der Waals surface area contributed by atoms with Crippen LogP contribution in [0.1, 0.15) is 0 Å². The highest BCUT2D eigenvalue weighted by atomic mass is 32.1. The number of thiol groups is 1. The van der Waals surface area contributed by atoms with Crippen molar-refractivity contribution in [2.75, 3.05) is 0 Å². The SMILES string of the molecule is Cn1cc(-c2ccc3c(cnn3/C(S)=C/C(N)=O)c2)cn1. The Morgan fingerprint density at radius 3 is 2.76 bits per heavy atom. The van der Waals surface area contributed by atoms with Crippen LogP contribution in [0.5, 0.6) is 0 Å². The molecule has 0 saturated carbocycles. The van der Waals surface area contributed by atoms with E-state index in [1.165, 1.54) is 6.08 Å². The Hall–Kier alpha value is -2.54. The number of aryl methyl sites for hydroxylation is 1. The van der Waals surface area contributed by atoms with Crippen LogP contribution in [-0.4, -0.2) is 25.5 Å². The van der Waals surface area contributed by atoms with Gasteiger partial charge in [-0.15, -0.1) is 12.6 Å². The van der Waals surface area contributed by atoms with Crippen LogP contribution in [0.25, 0.3) is 27.1 Å². The normalized spacial score (nSPS) is 12.0. The molecular weight excluding hydrogens is 286 g/mol. The summed E-state index contributed by atoms with van der Waals surface area (Å²) in [6.07, 6.45) is 6.70. The number of carbonyl (C=O) groups excluding carboxylic acids is 1. The van der Waals surface area contributed by atoms with Crippen LogP contribution < -0.4 is 5.73 Å². The van der Waals surface area contributed by atoms with Crippen molar-refractivity contribution in [3.63, 3.8) is 0 Å². The van der Waals surface area contributed by atoms with Gasteiger partial charge in [0.05, 0.1) is 17.9 Å². The summed E-state index contributed by atoms with van der Waals surface area (Å²) >= 11 is 4.25. The molecule has 0 atom stereocenters. The average molecular weight is 299 g/mol. The first-order valence-corrected chi connectivity index (χ1v) is 6.66. The van der Waals surface area contributed by atoms with E-state index in [1.807, 2.05) is 37.6 Å². The van der Waals surface area contributed by atoms with Gasteiger partial charge in [-0.05, 0) is 17.7 Å². The van der Waals surface area contributed by atoms with Crippen LogP contribution in [0.3, 0.4) is 0 Å². The minimum atomic E-state index is -0.560. The maximum absolute atomic E-state index is 10.9. The lowest BCUT2D eigenvalue weighted by Gasteiger charge is -2.03. The van der Waals surface area contributed by atoms with Gasteiger partial charge < -0.3 is 5.73 Å². The number of amides is 1. The topological polar surface area (TPSA) is 78.7 Å². The maximum Gasteiger partial charge on any atom is 0.244 e. The predicted octanol–water partition coefficient (Wildman–Crippen LogP) is 1.65. The van der Waals surface area contributed by atoms with Crippen LogP contribution in [0.15, 0.2) is 42.9 Å². The Labute approximate surface area is 126 Å². The van der Waals surface area contributed by atoms with E-state index in [2.05, 4.69) is 22.8 Å². The van der Waals surface area contributed by atoms with Gasteiger partial charge in [0.1, 0.15) is 5.03 Å². The highest BCUT2D eigenvalue weighted by Crippen LogP contribution is 2.25. The van der Waals surface area contributed by atoms with Gasteiger partial charge in [0, 0.05) is 30.3 Å². The van der Waals surface area contributed by atoms with Gasteiger partial charge in [0.25, 0.3) is 0 Å². The van der Waals surface area contributed by atoms with Crippen molar-refractivity contribution in [3.05, 3.63) is 42.9 Å². The maximum atomic E-state index is 10.9. The molecule has 0 bridgehead atoms. The van der Waals surface area contributed by atoms with E-state index in [1.54, 1.807) is 15.6 Å². The zero-order valence-electron chi connectivity index (χ0n) is 11.3. The molecule has 6 nitrogen and oxygen atoms in total. The molecule has 1 amide bonds. The van der Waals surface area contributed by atoms with Gasteiger partial charge in [0.15, 0.2) is 0 Å². The zero-order valence-corrected chi connectivity index (χ0v) is 12.2. The lowest BCUT2D eigenvalue weighted by atomic mass is 10.1. The number of fused-ring (bicyclic) bond motifs is 1. The molecule has 21 heavy (non-hydrogen) atoms. The molecule has 3 aromatic rings. The van der Waals surface area contributed by atoms with Crippen LogP contribution >= 0.6 is 12.6 Å². The monoisotopic (exact) mass is 299 g/mol. The van der Waals surface area contributed by atoms with Crippen LogP contribution in [0.2, 0.25) is 0 Å². The van der Waals surface area contributed by atoms with E-state index < -0.39 is 5.91 Å². The van der Waals surface area contributed by atoms with Gasteiger partial charge >= 0.3 is 0 Å². The number of rotatable bonds is 3. The largest absolute Gasteiger partial charge is 0.366 e. The van der Waals surface area contributed by atoms with Gasteiger partial charge in [-0.25, -0.2) is 4.68 Å². The first kappa shape index (κ1) is 13.4. The molecule has 0 spiro atoms. The highest BCUT2D eigenvalue weighted by Gasteiger charge is 2.08. The van der Waals surface area contributed by atoms with Gasteiger partial charge in [-0.1, -0.05) is 6.07 Å². The number of hydrogen-bond acceptors (Lipinski definition) is 4. The summed E-state index contributed by atoms with van der Waals surface area (Å²) in [6, 6.07) is 5.92. The summed E-state index contributed by atoms with van der Waals surface area (Å²) in [7, 11) is 1.88. The van der Waals surface area contributed by atoms with E-state index in [0.717, 1.165) is 22.0 Å². The molecule has 2 N–H and O–H groups in total. The summed E-state index contributed by atoms with van der Waals surface area (Å²) in [5.41, 5.74) is 8.07. The van der Waals surface area contributed by atoms with E-state index in [0.29, 0.717) is 5.03 Å². The van der Waals surface area contributed by atoms with Crippen molar-refractivity contribution in [2.24, 2.45) is 12.8 Å². The van der Waals surface area contributed by atoms with Gasteiger partial charge in [0.2, 0.25) is 5.91 Å². The van der Waals surface area contributed by atoms with Crippen molar-refractivity contribution in [2.45, 2.75) is 0 Å². The second-order valence-electron chi connectivity index (χ2n) is 4.64. The molecule has 0 unspecified atom stereocenters. The van der Waals surface area contributed by atoms with Gasteiger partial charge in [-0.3, -0.25) is 9.48 Å². The van der Waals surface area contributed by atoms with Crippen molar-refractivity contribution >= 4 is 34.5 Å². The molecule has 0 aliphatic heterocycles. The van der Waals surface area contributed by atoms with Crippen molar-refractivity contribution in [1.29, 1.82) is 0 Å². The quantitative estimate of drug-likeness (QED) is 0.570. The smallest absolute Gasteiger partial charge is 0.244 e. The van der Waals surface area contributed by atoms with E-state index in [9.17, 15) is 4.79 Å². The number of nitrogens with two attached hydrogens (primary N) is 1. The lowest BCUT2D eigenvalue weighted by Crippen LogP contribution is -2.08. The molecule has 0 fully saturated rings. The van der Waals surface area contributed by atoms with Crippen LogP contribution in [0, 0.1) is 0 Å². The summed E-state index contributed by atoms with van der Waals surface area (Å²) in [5, 5.41) is 9.72. The van der Waals surface area contributed by atoms with Crippen molar-refractivity contribution in [1.82, 2.24) is 19.6 Å². The summed E-state index contributed by atoms with van der Waals surface area (Å²) in [5.74, 6) is -0.560. The second-order valence-corrected chi connectivity index (χ2v) is 5.10. The Balaban J connectivity index is 2.07. The Morgan fingerprint density at radius 2 is 2.10 bits per heavy atom. The van der Waals surface area contributed by atoms with Crippen molar-refractivity contribution in [3.8, 4) is 11.1 Å². The molecular formula is C14H13N5OS. The molecule has 1 aromatic carbocycles. The molecule has 3 rings (SSSR count). The summed E-state index contributed by atoms with van der Waals surface area (Å²) < 4.78 is 3.32. The fourth-order valence-corrected chi connectivity index (χ4v) is 2.44. The molecule has 0 radical (unpaired) electrons. The van der Waals surface area contributed by atoms with Crippen molar-refractivity contribution < 1.29 is 4.79 Å². The molecule has 0 aliphatic carbocycles. The van der Waals surface area contributed by atoms with Crippen LogP contribution in [0.4, 0.5) is 0 Å². The third-order valence-electron chi connectivity index (χ3n) is 3.09. The third kappa shape index (κ3) is 2.55. The third-order valence-corrected chi connectivity index (χ3v) is 3.41. The minimum absolute atomic E-state index is 0.381. The van der Waals surface area contributed by atoms with Crippen LogP contribution in [-0.2, 0) is 11.8 Å². The number of primary amides is 1. The average Bonchev–Trinajstić information content (AvgIpc) is 3.03. The van der Waals surface area contributed by atoms with E-state index >= 15 is 0 Å². The predicted molar refractivity (Wildman–Crippen MR) is 84.4 cm³/mol. The number of hydrogen-bond donors (Lipinski definition) is 2. The fraction of sp³-hybridized carbons (Fsp3) is 0.0714. The second kappa shape index (κ2) is 5.10. The summed E-state index contributed by atoms with van der Waals surface area (Å²) in [4.78, 5) is 10.9. The Kier molecular flexibility index (Phi) is 3.26. The minimum Gasteiger partial charge on any atom is -0.366 e. The molecule has 106 valence electrons. The molecule has 0 saturated heterocycles. The standard InChI is InChI=1S/C14H13N5OS/c1-18-8-11(7-16-18)9-2-3-12-10(4-9)6-17-19(12)14(21)5-13(15)20/h2-8,21H,1H3,(H2,15,20)/b14-5-. The zero-order chi connectivity index (χ0) is 15.0. The fourth-order valence-electron chi connectivity index (χ4n) is 2.15. The van der Waals surface area contributed by atoms with E-state index in [4.69, 9.17) is 5.73 Å². The number of aromatic nitrogens is 4. The first-order chi connectivity index (χ1) is 10.0. The highest BCUT2D eigenvalue weighted by molar-refractivity contribution is 7.90. The van der Waals surface area contributed by atoms with Gasteiger partial charge in [-0.2, -0.15) is 10.2 Å². The lowest BCUT2D eigenvalue weighted by molar-refractivity contribution is -0.113. The number of nitrogens with zero attached hydrogens (tertiary/aromatic N) is 4. The Morgan fingerprint density at radius 1 is 1.29 bits per heavy atom. The molecule has 7 heteroatoms. The van der Waals surface area contributed by atoms with E-state index in [-0.39, 0.29) is 0 Å². The number of benzene rings is 1. The molecule has 2 aromatic heterocycles. The molecule has 0 aliphatic rings. The first-order valence-electron chi connectivity index (χ1n) is 6.22. The molecule has 2 heterocycles. The summed E-state index contributed by atoms with van der Waals surface area (Å²) in [6.45, 7) is 0. The number of carbonyl (C=O) groups is 1. The Bertz CT molecular complexity index is 861.